The highest BCUT2D eigenvalue weighted by molar-refractivity contribution is 7.99. The summed E-state index contributed by atoms with van der Waals surface area (Å²) in [5, 5.41) is 2.68. The van der Waals surface area contributed by atoms with E-state index >= 15 is 0 Å². The van der Waals surface area contributed by atoms with Gasteiger partial charge in [0.15, 0.2) is 0 Å². The molecule has 1 N–H and O–H groups in total. The molecule has 1 aliphatic heterocycles. The van der Waals surface area contributed by atoms with Gasteiger partial charge in [-0.2, -0.15) is 13.2 Å². The van der Waals surface area contributed by atoms with Gasteiger partial charge in [-0.1, -0.05) is 0 Å². The number of halogens is 4. The van der Waals surface area contributed by atoms with E-state index in [-0.39, 0.29) is 0 Å². The van der Waals surface area contributed by atoms with E-state index < -0.39 is 41.6 Å². The fraction of sp³-hybridized carbons (Fsp3) is 0.294. The number of aromatic nitrogens is 1. The number of carbonyl (C=O) groups is 1. The van der Waals surface area contributed by atoms with Gasteiger partial charge in [0.05, 0.1) is 11.6 Å². The molecule has 0 saturated carbocycles. The van der Waals surface area contributed by atoms with Crippen molar-refractivity contribution in [3.05, 3.63) is 63.8 Å². The molecular weight excluding hydrogens is 372 g/mol. The summed E-state index contributed by atoms with van der Waals surface area (Å²) in [6.45, 7) is -0.545. The van der Waals surface area contributed by atoms with E-state index in [2.05, 4.69) is 5.32 Å². The number of thioether (sulfide) groups is 1. The number of hydrogen-bond acceptors (Lipinski definition) is 3. The predicted octanol–water partition coefficient (Wildman–Crippen LogP) is 3.36. The van der Waals surface area contributed by atoms with Gasteiger partial charge in [-0.25, -0.2) is 4.39 Å². The van der Waals surface area contributed by atoms with Crippen LogP contribution in [-0.4, -0.2) is 16.2 Å². The molecule has 2 aromatic rings. The lowest BCUT2D eigenvalue weighted by atomic mass is 10.0. The second-order valence-corrected chi connectivity index (χ2v) is 6.96. The van der Waals surface area contributed by atoms with E-state index in [1.165, 1.54) is 12.1 Å². The molecule has 1 amide bonds. The van der Waals surface area contributed by atoms with Crippen molar-refractivity contribution in [2.45, 2.75) is 30.1 Å². The summed E-state index contributed by atoms with van der Waals surface area (Å²) in [5.41, 5.74) is -1.09. The molecule has 0 radical (unpaired) electrons. The number of hydrogen-bond donors (Lipinski definition) is 1. The molecule has 0 bridgehead atoms. The van der Waals surface area contributed by atoms with Crippen molar-refractivity contribution in [1.82, 2.24) is 9.88 Å². The smallest absolute Gasteiger partial charge is 0.348 e. The lowest BCUT2D eigenvalue weighted by Gasteiger charge is -2.26. The average molecular weight is 386 g/mol. The zero-order chi connectivity index (χ0) is 18.9. The van der Waals surface area contributed by atoms with Gasteiger partial charge in [0, 0.05) is 22.9 Å². The summed E-state index contributed by atoms with van der Waals surface area (Å²) in [6, 6.07) is 5.30. The number of nitrogens with zero attached hydrogens (tertiary/aromatic N) is 1. The van der Waals surface area contributed by atoms with Crippen LogP contribution in [0.2, 0.25) is 0 Å². The minimum atomic E-state index is -4.61. The monoisotopic (exact) mass is 386 g/mol. The second kappa shape index (κ2) is 7.14. The molecule has 0 saturated heterocycles. The molecule has 1 aromatic carbocycles. The van der Waals surface area contributed by atoms with Crippen molar-refractivity contribution >= 4 is 17.7 Å². The molecule has 0 fully saturated rings. The Morgan fingerprint density at radius 1 is 1.27 bits per heavy atom. The van der Waals surface area contributed by atoms with Crippen LogP contribution in [0.25, 0.3) is 0 Å². The Hall–Kier alpha value is -2.29. The summed E-state index contributed by atoms with van der Waals surface area (Å²) in [6.07, 6.45) is -3.43. The molecule has 0 spiro atoms. The van der Waals surface area contributed by atoms with Crippen LogP contribution in [0.15, 0.2) is 46.2 Å². The van der Waals surface area contributed by atoms with Crippen molar-refractivity contribution in [2.24, 2.45) is 0 Å². The van der Waals surface area contributed by atoms with E-state index in [0.29, 0.717) is 34.6 Å². The highest BCUT2D eigenvalue weighted by Crippen LogP contribution is 2.36. The van der Waals surface area contributed by atoms with Gasteiger partial charge in [0.25, 0.3) is 5.56 Å². The number of alkyl halides is 3. The van der Waals surface area contributed by atoms with Gasteiger partial charge in [0.1, 0.15) is 12.4 Å². The number of benzene rings is 1. The Morgan fingerprint density at radius 3 is 2.77 bits per heavy atom. The first-order chi connectivity index (χ1) is 12.2. The van der Waals surface area contributed by atoms with Crippen LogP contribution in [0.4, 0.5) is 17.6 Å². The van der Waals surface area contributed by atoms with Crippen LogP contribution in [0.1, 0.15) is 23.6 Å². The van der Waals surface area contributed by atoms with Gasteiger partial charge >= 0.3 is 6.18 Å². The largest absolute Gasteiger partial charge is 0.417 e. The highest BCUT2D eigenvalue weighted by atomic mass is 32.2. The summed E-state index contributed by atoms with van der Waals surface area (Å²) in [7, 11) is 0. The van der Waals surface area contributed by atoms with E-state index in [0.717, 1.165) is 11.0 Å². The van der Waals surface area contributed by atoms with Gasteiger partial charge in [-0.3, -0.25) is 9.59 Å². The maximum absolute atomic E-state index is 13.5. The minimum Gasteiger partial charge on any atom is -0.348 e. The topological polar surface area (TPSA) is 51.1 Å². The number of carbonyl (C=O) groups excluding carboxylic acids is 1. The number of fused-ring (bicyclic) bond motifs is 1. The summed E-state index contributed by atoms with van der Waals surface area (Å²) in [5.74, 6) is -0.328. The molecule has 138 valence electrons. The quantitative estimate of drug-likeness (QED) is 0.823. The number of rotatable bonds is 3. The molecule has 9 heteroatoms. The van der Waals surface area contributed by atoms with Gasteiger partial charge in [0.2, 0.25) is 5.91 Å². The van der Waals surface area contributed by atoms with Crippen LogP contribution < -0.4 is 10.9 Å². The van der Waals surface area contributed by atoms with Crippen molar-refractivity contribution < 1.29 is 22.4 Å². The van der Waals surface area contributed by atoms with Crippen LogP contribution >= 0.6 is 11.8 Å². The van der Waals surface area contributed by atoms with Gasteiger partial charge < -0.3 is 9.88 Å². The Labute approximate surface area is 150 Å². The van der Waals surface area contributed by atoms with Gasteiger partial charge in [-0.05, 0) is 36.2 Å². The third kappa shape index (κ3) is 4.09. The number of amides is 1. The van der Waals surface area contributed by atoms with Crippen molar-refractivity contribution in [1.29, 1.82) is 0 Å². The SMILES string of the molecule is O=C(Cn1cc(C(F)(F)F)ccc1=O)NC1CCSc2ccc(F)cc21. The Bertz CT molecular complexity index is 895. The van der Waals surface area contributed by atoms with Crippen LogP contribution in [0.3, 0.4) is 0 Å². The molecule has 2 heterocycles. The highest BCUT2D eigenvalue weighted by Gasteiger charge is 2.31. The van der Waals surface area contributed by atoms with Crippen LogP contribution in [-0.2, 0) is 17.5 Å². The molecular formula is C17H14F4N2O2S. The third-order valence-electron chi connectivity index (χ3n) is 3.97. The van der Waals surface area contributed by atoms with Crippen LogP contribution in [0.5, 0.6) is 0 Å². The zero-order valence-corrected chi connectivity index (χ0v) is 14.2. The molecule has 4 nitrogen and oxygen atoms in total. The Kier molecular flexibility index (Phi) is 5.08. The molecule has 1 aromatic heterocycles. The number of pyridine rings is 1. The fourth-order valence-electron chi connectivity index (χ4n) is 2.73. The lowest BCUT2D eigenvalue weighted by Crippen LogP contribution is -2.36. The maximum atomic E-state index is 13.5. The lowest BCUT2D eigenvalue weighted by molar-refractivity contribution is -0.138. The zero-order valence-electron chi connectivity index (χ0n) is 13.3. The Balaban J connectivity index is 1.77. The van der Waals surface area contributed by atoms with E-state index in [1.807, 2.05) is 0 Å². The van der Waals surface area contributed by atoms with Gasteiger partial charge in [-0.15, -0.1) is 11.8 Å². The van der Waals surface area contributed by atoms with Crippen molar-refractivity contribution in [2.75, 3.05) is 5.75 Å². The first-order valence-electron chi connectivity index (χ1n) is 7.73. The van der Waals surface area contributed by atoms with E-state index in [4.69, 9.17) is 0 Å². The molecule has 1 aliphatic rings. The summed E-state index contributed by atoms with van der Waals surface area (Å²) < 4.78 is 52.5. The van der Waals surface area contributed by atoms with Crippen molar-refractivity contribution in [3.8, 4) is 0 Å². The fourth-order valence-corrected chi connectivity index (χ4v) is 3.84. The molecule has 1 unspecified atom stereocenters. The van der Waals surface area contributed by atoms with Crippen molar-refractivity contribution in [3.63, 3.8) is 0 Å². The van der Waals surface area contributed by atoms with E-state index in [1.54, 1.807) is 17.8 Å². The maximum Gasteiger partial charge on any atom is 0.417 e. The average Bonchev–Trinajstić information content (AvgIpc) is 2.56. The minimum absolute atomic E-state index is 0.431. The molecule has 0 aliphatic carbocycles. The Morgan fingerprint density at radius 2 is 2.04 bits per heavy atom. The molecule has 26 heavy (non-hydrogen) atoms. The molecule has 1 atom stereocenters. The van der Waals surface area contributed by atoms with Crippen LogP contribution in [0, 0.1) is 5.82 Å². The molecule has 3 rings (SSSR count). The standard InChI is InChI=1S/C17H14F4N2O2S/c18-11-2-3-14-12(7-11)13(5-6-26-14)22-15(24)9-23-8-10(17(19,20)21)1-4-16(23)25/h1-4,7-8,13H,5-6,9H2,(H,22,24). The second-order valence-electron chi connectivity index (χ2n) is 5.82. The number of nitrogens with one attached hydrogen (secondary N) is 1. The first kappa shape index (κ1) is 18.5. The summed E-state index contributed by atoms with van der Waals surface area (Å²) >= 11 is 1.54. The first-order valence-corrected chi connectivity index (χ1v) is 8.72. The normalized spacial score (nSPS) is 16.8. The summed E-state index contributed by atoms with van der Waals surface area (Å²) in [4.78, 5) is 24.8. The van der Waals surface area contributed by atoms with E-state index in [9.17, 15) is 27.2 Å². The third-order valence-corrected chi connectivity index (χ3v) is 5.09. The predicted molar refractivity (Wildman–Crippen MR) is 88.3 cm³/mol.